The van der Waals surface area contributed by atoms with Crippen molar-refractivity contribution < 1.29 is 8.83 Å². The Hall–Kier alpha value is -7.43. The molecule has 0 radical (unpaired) electrons. The van der Waals surface area contributed by atoms with Crippen LogP contribution in [0.15, 0.2) is 203 Å². The molecule has 0 spiro atoms. The van der Waals surface area contributed by atoms with Gasteiger partial charge < -0.3 is 13.7 Å². The summed E-state index contributed by atoms with van der Waals surface area (Å²) in [6, 6.07) is 68.3. The van der Waals surface area contributed by atoms with Crippen LogP contribution in [0.4, 0.5) is 17.1 Å². The molecular weight excluding hydrogens is 673 g/mol. The minimum atomic E-state index is 0.589. The molecule has 4 nitrogen and oxygen atoms in total. The van der Waals surface area contributed by atoms with Crippen LogP contribution in [-0.4, -0.2) is 4.98 Å². The Labute approximate surface area is 317 Å². The maximum absolute atomic E-state index is 6.57. The van der Waals surface area contributed by atoms with Crippen LogP contribution in [0.3, 0.4) is 0 Å². The van der Waals surface area contributed by atoms with Gasteiger partial charge in [0.1, 0.15) is 16.7 Å². The molecule has 0 aliphatic heterocycles. The zero-order chi connectivity index (χ0) is 36.3. The van der Waals surface area contributed by atoms with E-state index in [1.165, 1.54) is 32.7 Å². The molecule has 0 saturated carbocycles. The molecule has 0 aliphatic carbocycles. The highest BCUT2D eigenvalue weighted by molar-refractivity contribution is 6.16. The number of nitrogens with zero attached hydrogens (tertiary/aromatic N) is 2. The van der Waals surface area contributed by atoms with Crippen molar-refractivity contribution in [3.05, 3.63) is 194 Å². The fourth-order valence-electron chi connectivity index (χ4n) is 8.08. The molecular formula is C51H32N2O2. The van der Waals surface area contributed by atoms with Gasteiger partial charge in [-0.05, 0) is 104 Å². The average Bonchev–Trinajstić information content (AvgIpc) is 3.84. The summed E-state index contributed by atoms with van der Waals surface area (Å²) in [5.74, 6) is 0.589. The van der Waals surface area contributed by atoms with E-state index >= 15 is 0 Å². The van der Waals surface area contributed by atoms with Crippen LogP contribution in [0.5, 0.6) is 0 Å². The molecule has 0 unspecified atom stereocenters. The maximum Gasteiger partial charge on any atom is 0.227 e. The Kier molecular flexibility index (Phi) is 7.14. The van der Waals surface area contributed by atoms with Gasteiger partial charge in [-0.2, -0.15) is 0 Å². The highest BCUT2D eigenvalue weighted by Crippen LogP contribution is 2.45. The second-order valence-corrected chi connectivity index (χ2v) is 13.9. The molecule has 0 bridgehead atoms. The minimum Gasteiger partial charge on any atom is -0.456 e. The predicted molar refractivity (Wildman–Crippen MR) is 227 cm³/mol. The first-order valence-electron chi connectivity index (χ1n) is 18.5. The fraction of sp³-hybridized carbons (Fsp3) is 0. The van der Waals surface area contributed by atoms with Gasteiger partial charge in [-0.1, -0.05) is 127 Å². The lowest BCUT2D eigenvalue weighted by molar-refractivity contribution is 0.617. The van der Waals surface area contributed by atoms with E-state index in [-0.39, 0.29) is 0 Å². The number of rotatable bonds is 6. The molecule has 11 aromatic rings. The standard InChI is InChI=1S/C51H32N2O2/c1-3-13-33(14-4-1)36-18-11-19-39(29-36)53(38-27-25-34(26-28-38)43-30-37-17-7-8-20-40(37)41-21-9-10-22-42(41)43)46-23-12-24-47-50(46)44-31-45-49(32-48(44)54-47)55-51(52-45)35-15-5-2-6-16-35/h1-32H. The van der Waals surface area contributed by atoms with Crippen molar-refractivity contribution in [2.75, 3.05) is 4.90 Å². The maximum atomic E-state index is 6.57. The van der Waals surface area contributed by atoms with Crippen LogP contribution in [0.2, 0.25) is 0 Å². The van der Waals surface area contributed by atoms with Crippen molar-refractivity contribution >= 4 is 71.6 Å². The predicted octanol–water partition coefficient (Wildman–Crippen LogP) is 14.5. The molecule has 11 rings (SSSR count). The third-order valence-corrected chi connectivity index (χ3v) is 10.7. The lowest BCUT2D eigenvalue weighted by atomic mass is 9.93. The zero-order valence-electron chi connectivity index (χ0n) is 29.7. The van der Waals surface area contributed by atoms with Crippen LogP contribution >= 0.6 is 0 Å². The van der Waals surface area contributed by atoms with Crippen LogP contribution in [-0.2, 0) is 0 Å². The van der Waals surface area contributed by atoms with Crippen LogP contribution < -0.4 is 4.90 Å². The first-order chi connectivity index (χ1) is 27.2. The van der Waals surface area contributed by atoms with E-state index in [4.69, 9.17) is 13.8 Å². The number of oxazole rings is 1. The number of hydrogen-bond donors (Lipinski definition) is 0. The van der Waals surface area contributed by atoms with Gasteiger partial charge in [-0.15, -0.1) is 0 Å². The van der Waals surface area contributed by atoms with Crippen molar-refractivity contribution in [3.63, 3.8) is 0 Å². The van der Waals surface area contributed by atoms with Crippen LogP contribution in [0, 0.1) is 0 Å². The number of furan rings is 1. The SMILES string of the molecule is c1ccc(-c2cccc(N(c3ccc(-c4cc5ccccc5c5ccccc45)cc3)c3cccc4oc5cc6oc(-c7ccccc7)nc6cc5c34)c2)cc1. The third-order valence-electron chi connectivity index (χ3n) is 10.7. The summed E-state index contributed by atoms with van der Waals surface area (Å²) in [6.07, 6.45) is 0. The van der Waals surface area contributed by atoms with Crippen molar-refractivity contribution in [2.45, 2.75) is 0 Å². The van der Waals surface area contributed by atoms with Crippen LogP contribution in [0.1, 0.15) is 0 Å². The summed E-state index contributed by atoms with van der Waals surface area (Å²) in [4.78, 5) is 7.25. The Morgan fingerprint density at radius 2 is 1.07 bits per heavy atom. The first kappa shape index (κ1) is 31.1. The average molecular weight is 705 g/mol. The lowest BCUT2D eigenvalue weighted by Gasteiger charge is -2.27. The Balaban J connectivity index is 1.10. The van der Waals surface area contributed by atoms with E-state index in [1.807, 2.05) is 42.5 Å². The first-order valence-corrected chi connectivity index (χ1v) is 18.5. The van der Waals surface area contributed by atoms with Gasteiger partial charge in [-0.25, -0.2) is 4.98 Å². The monoisotopic (exact) mass is 704 g/mol. The van der Waals surface area contributed by atoms with Gasteiger partial charge in [0.2, 0.25) is 5.89 Å². The molecule has 2 heterocycles. The van der Waals surface area contributed by atoms with E-state index in [0.717, 1.165) is 61.2 Å². The molecule has 55 heavy (non-hydrogen) atoms. The number of fused-ring (bicyclic) bond motifs is 7. The largest absolute Gasteiger partial charge is 0.456 e. The Bertz CT molecular complexity index is 3200. The second-order valence-electron chi connectivity index (χ2n) is 13.9. The quantitative estimate of drug-likeness (QED) is 0.162. The Morgan fingerprint density at radius 1 is 0.382 bits per heavy atom. The van der Waals surface area contributed by atoms with E-state index in [9.17, 15) is 0 Å². The molecule has 258 valence electrons. The van der Waals surface area contributed by atoms with Crippen molar-refractivity contribution in [1.29, 1.82) is 0 Å². The molecule has 0 atom stereocenters. The smallest absolute Gasteiger partial charge is 0.227 e. The molecule has 0 N–H and O–H groups in total. The second kappa shape index (κ2) is 12.6. The molecule has 0 amide bonds. The number of aromatic nitrogens is 1. The van der Waals surface area contributed by atoms with Gasteiger partial charge in [0, 0.05) is 28.4 Å². The topological polar surface area (TPSA) is 42.4 Å². The molecule has 2 aromatic heterocycles. The van der Waals surface area contributed by atoms with Gasteiger partial charge in [0.25, 0.3) is 0 Å². The summed E-state index contributed by atoms with van der Waals surface area (Å²) >= 11 is 0. The van der Waals surface area contributed by atoms with Crippen molar-refractivity contribution in [2.24, 2.45) is 0 Å². The molecule has 4 heteroatoms. The van der Waals surface area contributed by atoms with E-state index in [2.05, 4.69) is 157 Å². The molecule has 0 saturated heterocycles. The zero-order valence-corrected chi connectivity index (χ0v) is 29.7. The summed E-state index contributed by atoms with van der Waals surface area (Å²) in [5.41, 5.74) is 11.7. The number of benzene rings is 9. The van der Waals surface area contributed by atoms with Gasteiger partial charge in [-0.3, -0.25) is 0 Å². The van der Waals surface area contributed by atoms with E-state index < -0.39 is 0 Å². The normalized spacial score (nSPS) is 11.6. The highest BCUT2D eigenvalue weighted by Gasteiger charge is 2.22. The number of anilines is 3. The van der Waals surface area contributed by atoms with Crippen LogP contribution in [0.25, 0.3) is 88.3 Å². The number of hydrogen-bond acceptors (Lipinski definition) is 4. The molecule has 0 fully saturated rings. The van der Waals surface area contributed by atoms with Gasteiger partial charge >= 0.3 is 0 Å². The molecule has 0 aliphatic rings. The molecule has 9 aromatic carbocycles. The minimum absolute atomic E-state index is 0.589. The van der Waals surface area contributed by atoms with Crippen molar-refractivity contribution in [1.82, 2.24) is 4.98 Å². The van der Waals surface area contributed by atoms with Gasteiger partial charge in [0.05, 0.1) is 11.1 Å². The summed E-state index contributed by atoms with van der Waals surface area (Å²) in [6.45, 7) is 0. The lowest BCUT2D eigenvalue weighted by Crippen LogP contribution is -2.10. The highest BCUT2D eigenvalue weighted by atomic mass is 16.4. The van der Waals surface area contributed by atoms with E-state index in [1.54, 1.807) is 0 Å². The third kappa shape index (κ3) is 5.26. The summed E-state index contributed by atoms with van der Waals surface area (Å²) in [5, 5.41) is 6.99. The summed E-state index contributed by atoms with van der Waals surface area (Å²) < 4.78 is 12.8. The Morgan fingerprint density at radius 3 is 1.89 bits per heavy atom. The summed E-state index contributed by atoms with van der Waals surface area (Å²) in [7, 11) is 0. The van der Waals surface area contributed by atoms with E-state index in [0.29, 0.717) is 11.5 Å². The van der Waals surface area contributed by atoms with Gasteiger partial charge in [0.15, 0.2) is 5.58 Å². The fourth-order valence-corrected chi connectivity index (χ4v) is 8.08. The van der Waals surface area contributed by atoms with Crippen molar-refractivity contribution in [3.8, 4) is 33.7 Å².